The Balaban J connectivity index is 1.19. The fourth-order valence-electron chi connectivity index (χ4n) is 4.40. The van der Waals surface area contributed by atoms with E-state index < -0.39 is 12.1 Å². The van der Waals surface area contributed by atoms with Gasteiger partial charge < -0.3 is 32.1 Å². The maximum Gasteiger partial charge on any atom is 0.241 e. The molecule has 5 rings (SSSR count). The van der Waals surface area contributed by atoms with Crippen molar-refractivity contribution in [2.24, 2.45) is 11.5 Å². The number of hydrogen-bond donors (Lipinski definition) is 6. The van der Waals surface area contributed by atoms with E-state index >= 15 is 0 Å². The van der Waals surface area contributed by atoms with E-state index in [0.29, 0.717) is 24.2 Å². The molecule has 182 valence electrons. The number of fused-ring (bicyclic) bond motifs is 2. The van der Waals surface area contributed by atoms with Crippen molar-refractivity contribution in [2.45, 2.75) is 24.9 Å². The SMILES string of the molecule is NC(Cc1c[nH]c2ccccc12)C(=O)Nc1cccc(NC(=O)C(N)Cc2c[nH]c3ccccc23)c1. The molecule has 3 aromatic carbocycles. The second kappa shape index (κ2) is 10.1. The highest BCUT2D eigenvalue weighted by Crippen LogP contribution is 2.21. The molecule has 0 saturated heterocycles. The summed E-state index contributed by atoms with van der Waals surface area (Å²) in [5.41, 5.74) is 17.4. The molecule has 0 aliphatic rings. The van der Waals surface area contributed by atoms with E-state index in [1.54, 1.807) is 24.3 Å². The summed E-state index contributed by atoms with van der Waals surface area (Å²) < 4.78 is 0. The van der Waals surface area contributed by atoms with E-state index in [0.717, 1.165) is 32.9 Å². The van der Waals surface area contributed by atoms with Crippen LogP contribution in [0.15, 0.2) is 85.2 Å². The van der Waals surface area contributed by atoms with Crippen LogP contribution in [0.4, 0.5) is 11.4 Å². The van der Waals surface area contributed by atoms with Crippen LogP contribution in [0.1, 0.15) is 11.1 Å². The molecule has 0 saturated carbocycles. The van der Waals surface area contributed by atoms with Gasteiger partial charge in [-0.15, -0.1) is 0 Å². The molecule has 0 bridgehead atoms. The smallest absolute Gasteiger partial charge is 0.241 e. The topological polar surface area (TPSA) is 142 Å². The Bertz CT molecular complexity index is 1420. The van der Waals surface area contributed by atoms with Crippen LogP contribution in [-0.2, 0) is 22.4 Å². The molecular weight excluding hydrogens is 452 g/mol. The number of aromatic nitrogens is 2. The highest BCUT2D eigenvalue weighted by Gasteiger charge is 2.18. The Morgan fingerprint density at radius 1 is 0.667 bits per heavy atom. The minimum absolute atomic E-state index is 0.306. The molecule has 5 aromatic rings. The molecule has 8 heteroatoms. The molecule has 0 aliphatic carbocycles. The normalized spacial score (nSPS) is 12.9. The molecule has 8 nitrogen and oxygen atoms in total. The first kappa shape index (κ1) is 23.3. The first-order valence-corrected chi connectivity index (χ1v) is 11.8. The molecule has 0 radical (unpaired) electrons. The van der Waals surface area contributed by atoms with Crippen molar-refractivity contribution in [1.82, 2.24) is 9.97 Å². The van der Waals surface area contributed by atoms with Gasteiger partial charge in [0, 0.05) is 45.6 Å². The lowest BCUT2D eigenvalue weighted by Gasteiger charge is -2.15. The number of nitrogens with two attached hydrogens (primary N) is 2. The maximum absolute atomic E-state index is 12.7. The van der Waals surface area contributed by atoms with Crippen LogP contribution in [0.2, 0.25) is 0 Å². The van der Waals surface area contributed by atoms with Gasteiger partial charge >= 0.3 is 0 Å². The lowest BCUT2D eigenvalue weighted by Crippen LogP contribution is -2.38. The van der Waals surface area contributed by atoms with Gasteiger partial charge in [-0.1, -0.05) is 42.5 Å². The van der Waals surface area contributed by atoms with Crippen molar-refractivity contribution >= 4 is 45.0 Å². The molecule has 8 N–H and O–H groups in total. The lowest BCUT2D eigenvalue weighted by molar-refractivity contribution is -0.118. The van der Waals surface area contributed by atoms with E-state index in [9.17, 15) is 9.59 Å². The number of H-pyrrole nitrogens is 2. The number of hydrogen-bond acceptors (Lipinski definition) is 4. The number of rotatable bonds is 8. The van der Waals surface area contributed by atoms with E-state index in [2.05, 4.69) is 20.6 Å². The summed E-state index contributed by atoms with van der Waals surface area (Å²) in [4.78, 5) is 31.9. The van der Waals surface area contributed by atoms with E-state index in [1.807, 2.05) is 60.9 Å². The van der Waals surface area contributed by atoms with Crippen LogP contribution in [0.5, 0.6) is 0 Å². The Hall–Kier alpha value is -4.40. The maximum atomic E-state index is 12.7. The van der Waals surface area contributed by atoms with Crippen LogP contribution in [0, 0.1) is 0 Å². The fourth-order valence-corrected chi connectivity index (χ4v) is 4.40. The Kier molecular flexibility index (Phi) is 6.53. The zero-order valence-corrected chi connectivity index (χ0v) is 19.6. The van der Waals surface area contributed by atoms with Crippen molar-refractivity contribution in [3.63, 3.8) is 0 Å². The van der Waals surface area contributed by atoms with Gasteiger partial charge in [0.2, 0.25) is 11.8 Å². The van der Waals surface area contributed by atoms with Crippen LogP contribution >= 0.6 is 0 Å². The Labute approximate surface area is 208 Å². The van der Waals surface area contributed by atoms with Crippen LogP contribution in [0.25, 0.3) is 21.8 Å². The largest absolute Gasteiger partial charge is 0.361 e. The third kappa shape index (κ3) is 5.00. The number of aromatic amines is 2. The Morgan fingerprint density at radius 3 is 1.58 bits per heavy atom. The van der Waals surface area contributed by atoms with Gasteiger partial charge in [-0.2, -0.15) is 0 Å². The van der Waals surface area contributed by atoms with E-state index in [1.165, 1.54) is 0 Å². The van der Waals surface area contributed by atoms with Crippen LogP contribution in [0.3, 0.4) is 0 Å². The van der Waals surface area contributed by atoms with Gasteiger partial charge in [-0.25, -0.2) is 0 Å². The summed E-state index contributed by atoms with van der Waals surface area (Å²) >= 11 is 0. The first-order chi connectivity index (χ1) is 17.5. The molecular formula is C28H28N6O2. The number of carbonyl (C=O) groups is 2. The third-order valence-corrected chi connectivity index (χ3v) is 6.30. The second-order valence-electron chi connectivity index (χ2n) is 8.90. The monoisotopic (exact) mass is 480 g/mol. The summed E-state index contributed by atoms with van der Waals surface area (Å²) in [7, 11) is 0. The molecule has 2 amide bonds. The van der Waals surface area contributed by atoms with Gasteiger partial charge in [0.25, 0.3) is 0 Å². The summed E-state index contributed by atoms with van der Waals surface area (Å²) in [5.74, 6) is -0.611. The standard InChI is InChI=1S/C28H28N6O2/c29-23(12-17-15-31-25-10-3-1-8-21(17)25)27(35)33-19-6-5-7-20(14-19)34-28(36)24(30)13-18-16-32-26-11-4-2-9-22(18)26/h1-11,14-16,23-24,31-32H,12-13,29-30H2,(H,33,35)(H,34,36). The predicted octanol–water partition coefficient (Wildman–Crippen LogP) is 3.67. The van der Waals surface area contributed by atoms with Gasteiger partial charge in [0.1, 0.15) is 0 Å². The van der Waals surface area contributed by atoms with Gasteiger partial charge in [-0.05, 0) is 54.3 Å². The zero-order valence-electron chi connectivity index (χ0n) is 19.6. The van der Waals surface area contributed by atoms with Crippen molar-refractivity contribution in [3.8, 4) is 0 Å². The molecule has 2 heterocycles. The summed E-state index contributed by atoms with van der Waals surface area (Å²) in [6.45, 7) is 0. The quantitative estimate of drug-likeness (QED) is 0.201. The number of anilines is 2. The van der Waals surface area contributed by atoms with Gasteiger partial charge in [0.05, 0.1) is 12.1 Å². The van der Waals surface area contributed by atoms with Crippen LogP contribution in [-0.4, -0.2) is 33.9 Å². The summed E-state index contributed by atoms with van der Waals surface area (Å²) in [6, 6.07) is 21.3. The van der Waals surface area contributed by atoms with Crippen molar-refractivity contribution < 1.29 is 9.59 Å². The minimum atomic E-state index is -0.730. The third-order valence-electron chi connectivity index (χ3n) is 6.30. The lowest BCUT2D eigenvalue weighted by atomic mass is 10.0. The molecule has 2 aromatic heterocycles. The average molecular weight is 481 g/mol. The first-order valence-electron chi connectivity index (χ1n) is 11.8. The number of benzene rings is 3. The molecule has 2 atom stereocenters. The molecule has 36 heavy (non-hydrogen) atoms. The number of nitrogens with one attached hydrogen (secondary N) is 4. The van der Waals surface area contributed by atoms with Gasteiger partial charge in [0.15, 0.2) is 0 Å². The number of carbonyl (C=O) groups excluding carboxylic acids is 2. The van der Waals surface area contributed by atoms with E-state index in [4.69, 9.17) is 11.5 Å². The fraction of sp³-hybridized carbons (Fsp3) is 0.143. The average Bonchev–Trinajstić information content (AvgIpc) is 3.48. The number of amides is 2. The zero-order chi connectivity index (χ0) is 25.1. The van der Waals surface area contributed by atoms with Crippen molar-refractivity contribution in [2.75, 3.05) is 10.6 Å². The Morgan fingerprint density at radius 2 is 1.11 bits per heavy atom. The summed E-state index contributed by atoms with van der Waals surface area (Å²) in [6.07, 6.45) is 4.56. The van der Waals surface area contributed by atoms with E-state index in [-0.39, 0.29) is 11.8 Å². The van der Waals surface area contributed by atoms with Crippen molar-refractivity contribution in [3.05, 3.63) is 96.3 Å². The number of para-hydroxylation sites is 2. The highest BCUT2D eigenvalue weighted by atomic mass is 16.2. The molecule has 0 spiro atoms. The van der Waals surface area contributed by atoms with Crippen molar-refractivity contribution in [1.29, 1.82) is 0 Å². The van der Waals surface area contributed by atoms with Gasteiger partial charge in [-0.3, -0.25) is 9.59 Å². The molecule has 0 aliphatic heterocycles. The summed E-state index contributed by atoms with van der Waals surface area (Å²) in [5, 5.41) is 7.78. The molecule has 0 fully saturated rings. The molecule has 2 unspecified atom stereocenters. The predicted molar refractivity (Wildman–Crippen MR) is 144 cm³/mol. The minimum Gasteiger partial charge on any atom is -0.361 e. The second-order valence-corrected chi connectivity index (χ2v) is 8.90. The van der Waals surface area contributed by atoms with Crippen LogP contribution < -0.4 is 22.1 Å². The highest BCUT2D eigenvalue weighted by molar-refractivity contribution is 5.98.